The van der Waals surface area contributed by atoms with Gasteiger partial charge in [0.05, 0.1) is 16.6 Å². The fourth-order valence-corrected chi connectivity index (χ4v) is 1.18. The highest BCUT2D eigenvalue weighted by Crippen LogP contribution is 2.21. The molecule has 0 aliphatic heterocycles. The van der Waals surface area contributed by atoms with Gasteiger partial charge in [-0.3, -0.25) is 14.9 Å². The van der Waals surface area contributed by atoms with Crippen molar-refractivity contribution in [3.63, 3.8) is 0 Å². The monoisotopic (exact) mass is 249 g/mol. The number of hydrogen-bond acceptors (Lipinski definition) is 5. The molecule has 0 spiro atoms. The van der Waals surface area contributed by atoms with E-state index in [2.05, 4.69) is 5.32 Å². The molecule has 1 rings (SSSR count). The van der Waals surface area contributed by atoms with E-state index in [0.29, 0.717) is 11.6 Å². The lowest BCUT2D eigenvalue weighted by molar-refractivity contribution is -0.384. The number of anilines is 1. The number of nitro groups is 1. The number of carboxylic acid groups (broad SMARTS) is 1. The Bertz CT molecular complexity index is 536. The van der Waals surface area contributed by atoms with E-state index < -0.39 is 16.8 Å². The van der Waals surface area contributed by atoms with Crippen molar-refractivity contribution >= 4 is 23.3 Å². The van der Waals surface area contributed by atoms with Crippen molar-refractivity contribution in [3.8, 4) is 0 Å². The van der Waals surface area contributed by atoms with E-state index >= 15 is 0 Å². The molecule has 0 aliphatic rings. The van der Waals surface area contributed by atoms with Crippen LogP contribution < -0.4 is 10.4 Å². The van der Waals surface area contributed by atoms with Gasteiger partial charge in [-0.05, 0) is 18.6 Å². The Morgan fingerprint density at radius 3 is 2.56 bits per heavy atom. The fourth-order valence-electron chi connectivity index (χ4n) is 1.18. The van der Waals surface area contributed by atoms with Crippen molar-refractivity contribution in [2.24, 2.45) is 0 Å². The van der Waals surface area contributed by atoms with Crippen molar-refractivity contribution in [3.05, 3.63) is 46.0 Å². The molecular formula is C11H9N2O5-. The Kier molecular flexibility index (Phi) is 4.14. The highest BCUT2D eigenvalue weighted by Gasteiger charge is 2.09. The molecule has 18 heavy (non-hydrogen) atoms. The zero-order chi connectivity index (χ0) is 13.7. The molecule has 1 aromatic rings. The van der Waals surface area contributed by atoms with Gasteiger partial charge in [0.25, 0.3) is 5.69 Å². The number of hydrogen-bond donors (Lipinski definition) is 1. The van der Waals surface area contributed by atoms with Gasteiger partial charge in [0.2, 0.25) is 5.91 Å². The number of benzene rings is 1. The molecule has 0 bridgehead atoms. The van der Waals surface area contributed by atoms with E-state index in [-0.39, 0.29) is 11.4 Å². The number of carboxylic acids is 1. The molecule has 7 nitrogen and oxygen atoms in total. The van der Waals surface area contributed by atoms with Gasteiger partial charge in [-0.25, -0.2) is 0 Å². The molecule has 1 N–H and O–H groups in total. The summed E-state index contributed by atoms with van der Waals surface area (Å²) in [6.45, 7) is 1.65. The van der Waals surface area contributed by atoms with Crippen molar-refractivity contribution in [2.45, 2.75) is 6.92 Å². The summed E-state index contributed by atoms with van der Waals surface area (Å²) in [5, 5.41) is 23.0. The summed E-state index contributed by atoms with van der Waals surface area (Å²) in [6, 6.07) is 3.98. The van der Waals surface area contributed by atoms with Crippen LogP contribution in [-0.4, -0.2) is 16.8 Å². The minimum Gasteiger partial charge on any atom is -0.545 e. The van der Waals surface area contributed by atoms with E-state index in [1.807, 2.05) is 0 Å². The van der Waals surface area contributed by atoms with Gasteiger partial charge in [-0.2, -0.15) is 0 Å². The SMILES string of the molecule is Cc1ccc([N+](=O)[O-])cc1NC(=O)/C=C/C(=O)[O-]. The number of rotatable bonds is 4. The minimum absolute atomic E-state index is 0.167. The van der Waals surface area contributed by atoms with Crippen LogP contribution in [0, 0.1) is 17.0 Å². The summed E-state index contributed by atoms with van der Waals surface area (Å²) in [5.74, 6) is -2.20. The van der Waals surface area contributed by atoms with Crippen LogP contribution in [0.4, 0.5) is 11.4 Å². The molecule has 94 valence electrons. The molecule has 1 aromatic carbocycles. The van der Waals surface area contributed by atoms with Crippen molar-refractivity contribution in [2.75, 3.05) is 5.32 Å². The van der Waals surface area contributed by atoms with Gasteiger partial charge in [0.15, 0.2) is 0 Å². The van der Waals surface area contributed by atoms with Crippen LogP contribution in [0.5, 0.6) is 0 Å². The lowest BCUT2D eigenvalue weighted by atomic mass is 10.2. The molecule has 0 heterocycles. The van der Waals surface area contributed by atoms with Gasteiger partial charge in [-0.15, -0.1) is 0 Å². The molecule has 0 atom stereocenters. The number of nitrogens with zero attached hydrogens (tertiary/aromatic N) is 1. The summed E-state index contributed by atoms with van der Waals surface area (Å²) in [6.07, 6.45) is 1.34. The number of aryl methyl sites for hydroxylation is 1. The van der Waals surface area contributed by atoms with Crippen molar-refractivity contribution < 1.29 is 19.6 Å². The minimum atomic E-state index is -1.50. The molecule has 0 aromatic heterocycles. The number of nitrogens with one attached hydrogen (secondary N) is 1. The van der Waals surface area contributed by atoms with Crippen LogP contribution in [-0.2, 0) is 9.59 Å². The zero-order valence-corrected chi connectivity index (χ0v) is 9.38. The second-order valence-electron chi connectivity index (χ2n) is 3.40. The molecule has 0 saturated carbocycles. The van der Waals surface area contributed by atoms with Crippen LogP contribution in [0.25, 0.3) is 0 Å². The van der Waals surface area contributed by atoms with Gasteiger partial charge in [0.1, 0.15) is 0 Å². The quantitative estimate of drug-likeness (QED) is 0.463. The van der Waals surface area contributed by atoms with Crippen molar-refractivity contribution in [1.29, 1.82) is 0 Å². The maximum atomic E-state index is 11.3. The maximum absolute atomic E-state index is 11.3. The topological polar surface area (TPSA) is 112 Å². The van der Waals surface area contributed by atoms with E-state index in [9.17, 15) is 24.8 Å². The molecule has 1 amide bonds. The lowest BCUT2D eigenvalue weighted by Crippen LogP contribution is -2.20. The summed E-state index contributed by atoms with van der Waals surface area (Å²) >= 11 is 0. The number of nitro benzene ring substituents is 1. The summed E-state index contributed by atoms with van der Waals surface area (Å²) in [7, 11) is 0. The predicted octanol–water partition coefficient (Wildman–Crippen LogP) is 0.148. The van der Waals surface area contributed by atoms with Crippen molar-refractivity contribution in [1.82, 2.24) is 0 Å². The second kappa shape index (κ2) is 5.58. The first kappa shape index (κ1) is 13.4. The maximum Gasteiger partial charge on any atom is 0.271 e. The molecular weight excluding hydrogens is 240 g/mol. The molecule has 0 radical (unpaired) electrons. The third-order valence-corrected chi connectivity index (χ3v) is 2.06. The molecule has 7 heteroatoms. The average molecular weight is 249 g/mol. The number of carbonyl (C=O) groups excluding carboxylic acids is 2. The van der Waals surface area contributed by atoms with E-state index in [1.165, 1.54) is 18.2 Å². The zero-order valence-electron chi connectivity index (χ0n) is 9.38. The van der Waals surface area contributed by atoms with Gasteiger partial charge in [0, 0.05) is 18.2 Å². The van der Waals surface area contributed by atoms with E-state index in [4.69, 9.17) is 0 Å². The first-order chi connectivity index (χ1) is 8.40. The summed E-state index contributed by atoms with van der Waals surface area (Å²) in [5.41, 5.74) is 0.702. The van der Waals surface area contributed by atoms with Gasteiger partial charge >= 0.3 is 0 Å². The fraction of sp³-hybridized carbons (Fsp3) is 0.0909. The number of carbonyl (C=O) groups is 2. The number of non-ortho nitro benzene ring substituents is 1. The van der Waals surface area contributed by atoms with E-state index in [1.54, 1.807) is 6.92 Å². The highest BCUT2D eigenvalue weighted by atomic mass is 16.6. The number of amides is 1. The third-order valence-electron chi connectivity index (χ3n) is 2.06. The average Bonchev–Trinajstić information content (AvgIpc) is 2.29. The number of aliphatic carboxylic acids is 1. The lowest BCUT2D eigenvalue weighted by Gasteiger charge is -2.05. The smallest absolute Gasteiger partial charge is 0.271 e. The Balaban J connectivity index is 2.90. The molecule has 0 saturated heterocycles. The van der Waals surface area contributed by atoms with Gasteiger partial charge in [-0.1, -0.05) is 6.07 Å². The standard InChI is InChI=1S/C11H10N2O5/c1-7-2-3-8(13(17)18)6-9(7)12-10(14)4-5-11(15)16/h2-6H,1H3,(H,12,14)(H,15,16)/p-1/b5-4+. The Hall–Kier alpha value is -2.70. The highest BCUT2D eigenvalue weighted by molar-refractivity contribution is 6.02. The Labute approximate surface area is 102 Å². The van der Waals surface area contributed by atoms with Crippen LogP contribution in [0.3, 0.4) is 0 Å². The van der Waals surface area contributed by atoms with Crippen LogP contribution in [0.15, 0.2) is 30.4 Å². The molecule has 0 unspecified atom stereocenters. The Morgan fingerprint density at radius 1 is 1.33 bits per heavy atom. The van der Waals surface area contributed by atoms with E-state index in [0.717, 1.165) is 6.08 Å². The first-order valence-electron chi connectivity index (χ1n) is 4.85. The second-order valence-corrected chi connectivity index (χ2v) is 3.40. The molecule has 0 fully saturated rings. The molecule has 0 aliphatic carbocycles. The summed E-state index contributed by atoms with van der Waals surface area (Å²) in [4.78, 5) is 31.4. The van der Waals surface area contributed by atoms with Crippen LogP contribution in [0.2, 0.25) is 0 Å². The van der Waals surface area contributed by atoms with Gasteiger partial charge < -0.3 is 15.2 Å². The third kappa shape index (κ3) is 3.71. The van der Waals surface area contributed by atoms with Crippen LogP contribution >= 0.6 is 0 Å². The first-order valence-corrected chi connectivity index (χ1v) is 4.85. The summed E-state index contributed by atoms with van der Waals surface area (Å²) < 4.78 is 0. The normalized spacial score (nSPS) is 10.3. The largest absolute Gasteiger partial charge is 0.545 e. The van der Waals surface area contributed by atoms with Crippen LogP contribution in [0.1, 0.15) is 5.56 Å². The predicted molar refractivity (Wildman–Crippen MR) is 60.6 cm³/mol. The Morgan fingerprint density at radius 2 is 2.00 bits per heavy atom.